The summed E-state index contributed by atoms with van der Waals surface area (Å²) in [6.45, 7) is 4.64. The zero-order chi connectivity index (χ0) is 16.1. The molecule has 0 spiro atoms. The Morgan fingerprint density at radius 1 is 1.09 bits per heavy atom. The average molecular weight is 322 g/mol. The van der Waals surface area contributed by atoms with Gasteiger partial charge >= 0.3 is 0 Å². The van der Waals surface area contributed by atoms with Gasteiger partial charge in [-0.1, -0.05) is 49.0 Å². The molecule has 0 aliphatic carbocycles. The van der Waals surface area contributed by atoms with E-state index in [-0.39, 0.29) is 5.56 Å². The zero-order valence-electron chi connectivity index (χ0n) is 12.7. The summed E-state index contributed by atoms with van der Waals surface area (Å²) in [7, 11) is 0. The summed E-state index contributed by atoms with van der Waals surface area (Å²) in [5.74, 6) is 0. The number of anilines is 1. The standard InChI is InChI=1S/C19H18N2OS/c1-14-21-19(22)18(23-14)13-16-7-9-17(10-8-16)20-12-11-15-5-3-2-4-6-15/h2-10,13,20H,1,11-12H2,(H,21,22). The van der Waals surface area contributed by atoms with E-state index in [0.717, 1.165) is 24.2 Å². The number of aromatic amines is 1. The first-order chi connectivity index (χ1) is 11.2. The van der Waals surface area contributed by atoms with Crippen LogP contribution in [0.2, 0.25) is 0 Å². The van der Waals surface area contributed by atoms with Gasteiger partial charge in [0.15, 0.2) is 0 Å². The summed E-state index contributed by atoms with van der Waals surface area (Å²) < 4.78 is 1.36. The molecular weight excluding hydrogens is 304 g/mol. The number of nitrogens with one attached hydrogen (secondary N) is 2. The monoisotopic (exact) mass is 322 g/mol. The average Bonchev–Trinajstić information content (AvgIpc) is 2.88. The van der Waals surface area contributed by atoms with Gasteiger partial charge in [-0.2, -0.15) is 0 Å². The number of aromatic nitrogens is 1. The Balaban J connectivity index is 1.63. The van der Waals surface area contributed by atoms with E-state index < -0.39 is 0 Å². The molecule has 0 unspecified atom stereocenters. The Labute approximate surface area is 138 Å². The van der Waals surface area contributed by atoms with Crippen molar-refractivity contribution in [3.8, 4) is 0 Å². The highest BCUT2D eigenvalue weighted by Crippen LogP contribution is 2.10. The van der Waals surface area contributed by atoms with Crippen LogP contribution in [0.25, 0.3) is 12.7 Å². The van der Waals surface area contributed by atoms with Crippen molar-refractivity contribution in [1.82, 2.24) is 4.98 Å². The summed E-state index contributed by atoms with van der Waals surface area (Å²) in [4.78, 5) is 14.3. The first-order valence-corrected chi connectivity index (χ1v) is 8.30. The lowest BCUT2D eigenvalue weighted by Gasteiger charge is -2.06. The summed E-state index contributed by atoms with van der Waals surface area (Å²) in [5.41, 5.74) is 3.33. The fourth-order valence-corrected chi connectivity index (χ4v) is 3.08. The number of hydrogen-bond donors (Lipinski definition) is 2. The van der Waals surface area contributed by atoms with Crippen molar-refractivity contribution in [2.75, 3.05) is 11.9 Å². The van der Waals surface area contributed by atoms with Crippen LogP contribution in [0.1, 0.15) is 11.1 Å². The van der Waals surface area contributed by atoms with Gasteiger partial charge in [0.05, 0.1) is 9.20 Å². The topological polar surface area (TPSA) is 44.9 Å². The molecule has 2 aromatic carbocycles. The number of thiazole rings is 1. The second-order valence-corrected chi connectivity index (χ2v) is 6.41. The quantitative estimate of drug-likeness (QED) is 0.757. The molecule has 0 atom stereocenters. The predicted octanol–water partition coefficient (Wildman–Crippen LogP) is 2.33. The summed E-state index contributed by atoms with van der Waals surface area (Å²) >= 11 is 1.37. The molecule has 1 aromatic heterocycles. The fraction of sp³-hybridized carbons (Fsp3) is 0.105. The van der Waals surface area contributed by atoms with E-state index in [1.807, 2.05) is 36.4 Å². The van der Waals surface area contributed by atoms with Gasteiger partial charge in [0, 0.05) is 12.2 Å². The molecule has 0 aliphatic rings. The zero-order valence-corrected chi connectivity index (χ0v) is 13.5. The molecule has 3 aromatic rings. The summed E-state index contributed by atoms with van der Waals surface area (Å²) in [5, 5.41) is 3.41. The Morgan fingerprint density at radius 3 is 2.48 bits per heavy atom. The van der Waals surface area contributed by atoms with Gasteiger partial charge in [0.25, 0.3) is 5.56 Å². The molecule has 4 heteroatoms. The van der Waals surface area contributed by atoms with Crippen LogP contribution in [0.15, 0.2) is 59.4 Å². The molecule has 116 valence electrons. The van der Waals surface area contributed by atoms with Gasteiger partial charge in [-0.25, -0.2) is 0 Å². The van der Waals surface area contributed by atoms with Crippen LogP contribution >= 0.6 is 11.3 Å². The number of hydrogen-bond acceptors (Lipinski definition) is 3. The van der Waals surface area contributed by atoms with E-state index in [4.69, 9.17) is 0 Å². The van der Waals surface area contributed by atoms with E-state index in [1.54, 1.807) is 0 Å². The van der Waals surface area contributed by atoms with Gasteiger partial charge in [0.1, 0.15) is 0 Å². The maximum atomic E-state index is 11.7. The molecule has 1 heterocycles. The van der Waals surface area contributed by atoms with Crippen molar-refractivity contribution in [2.45, 2.75) is 6.42 Å². The molecule has 0 bridgehead atoms. The van der Waals surface area contributed by atoms with Gasteiger partial charge in [-0.15, -0.1) is 11.3 Å². The largest absolute Gasteiger partial charge is 0.385 e. The van der Waals surface area contributed by atoms with Crippen LogP contribution in [0.4, 0.5) is 5.69 Å². The van der Waals surface area contributed by atoms with Gasteiger partial charge in [0.2, 0.25) is 0 Å². The predicted molar refractivity (Wildman–Crippen MR) is 98.4 cm³/mol. The summed E-state index contributed by atoms with van der Waals surface area (Å²) in [6, 6.07) is 18.5. The lowest BCUT2D eigenvalue weighted by molar-refractivity contribution is 1.02. The molecule has 0 aliphatic heterocycles. The molecule has 2 N–H and O–H groups in total. The summed E-state index contributed by atoms with van der Waals surface area (Å²) in [6.07, 6.45) is 2.87. The highest BCUT2D eigenvalue weighted by molar-refractivity contribution is 7.07. The minimum atomic E-state index is -0.0786. The molecular formula is C19H18N2OS. The first-order valence-electron chi connectivity index (χ1n) is 7.48. The van der Waals surface area contributed by atoms with Crippen molar-refractivity contribution in [2.24, 2.45) is 0 Å². The maximum Gasteiger partial charge on any atom is 0.266 e. The van der Waals surface area contributed by atoms with Crippen molar-refractivity contribution < 1.29 is 0 Å². The fourth-order valence-electron chi connectivity index (χ4n) is 2.33. The SMILES string of the molecule is C=c1[nH]c(=O)c(=Cc2ccc(NCCc3ccccc3)cc2)s1. The lowest BCUT2D eigenvalue weighted by atomic mass is 10.1. The molecule has 0 radical (unpaired) electrons. The molecule has 23 heavy (non-hydrogen) atoms. The van der Waals surface area contributed by atoms with Gasteiger partial charge < -0.3 is 10.3 Å². The first kappa shape index (κ1) is 15.3. The van der Waals surface area contributed by atoms with E-state index in [1.165, 1.54) is 16.9 Å². The van der Waals surface area contributed by atoms with Crippen LogP contribution in [0.3, 0.4) is 0 Å². The molecule has 0 amide bonds. The van der Waals surface area contributed by atoms with Crippen molar-refractivity contribution in [3.63, 3.8) is 0 Å². The van der Waals surface area contributed by atoms with E-state index >= 15 is 0 Å². The number of benzene rings is 2. The van der Waals surface area contributed by atoms with Gasteiger partial charge in [-0.05, 0) is 35.8 Å². The Morgan fingerprint density at radius 2 is 1.83 bits per heavy atom. The van der Waals surface area contributed by atoms with Crippen LogP contribution in [0.5, 0.6) is 0 Å². The highest BCUT2D eigenvalue weighted by atomic mass is 32.1. The van der Waals surface area contributed by atoms with E-state index in [9.17, 15) is 4.79 Å². The van der Waals surface area contributed by atoms with Crippen molar-refractivity contribution in [3.05, 3.63) is 85.3 Å². The number of rotatable bonds is 5. The van der Waals surface area contributed by atoms with E-state index in [2.05, 4.69) is 41.1 Å². The normalized spacial score (nSPS) is 11.6. The molecule has 0 fully saturated rings. The van der Waals surface area contributed by atoms with Crippen LogP contribution < -0.4 is 20.1 Å². The third kappa shape index (κ3) is 4.20. The molecule has 0 saturated carbocycles. The van der Waals surface area contributed by atoms with Crippen LogP contribution in [-0.2, 0) is 6.42 Å². The molecule has 3 rings (SSSR count). The maximum absolute atomic E-state index is 11.7. The second kappa shape index (κ2) is 7.11. The third-order valence-electron chi connectivity index (χ3n) is 3.50. The van der Waals surface area contributed by atoms with Crippen molar-refractivity contribution >= 4 is 29.7 Å². The Hall–Kier alpha value is -2.59. The smallest absolute Gasteiger partial charge is 0.266 e. The Bertz CT molecular complexity index is 924. The molecule has 3 nitrogen and oxygen atoms in total. The number of H-pyrrole nitrogens is 1. The van der Waals surface area contributed by atoms with E-state index in [0.29, 0.717) is 9.20 Å². The van der Waals surface area contributed by atoms with Crippen molar-refractivity contribution in [1.29, 1.82) is 0 Å². The molecule has 0 saturated heterocycles. The lowest BCUT2D eigenvalue weighted by Crippen LogP contribution is -2.19. The van der Waals surface area contributed by atoms with Crippen LogP contribution in [-0.4, -0.2) is 11.5 Å². The highest BCUT2D eigenvalue weighted by Gasteiger charge is 1.96. The minimum absolute atomic E-state index is 0.0786. The second-order valence-electron chi connectivity index (χ2n) is 5.27. The van der Waals surface area contributed by atoms with Gasteiger partial charge in [-0.3, -0.25) is 4.79 Å². The van der Waals surface area contributed by atoms with Crippen LogP contribution in [0, 0.1) is 0 Å². The Kier molecular flexibility index (Phi) is 4.74. The third-order valence-corrected chi connectivity index (χ3v) is 4.38. The minimum Gasteiger partial charge on any atom is -0.385 e.